The van der Waals surface area contributed by atoms with Crippen molar-refractivity contribution >= 4 is 45.9 Å². The van der Waals surface area contributed by atoms with Crippen LogP contribution in [0.5, 0.6) is 0 Å². The van der Waals surface area contributed by atoms with Gasteiger partial charge in [0.2, 0.25) is 11.8 Å². The van der Waals surface area contributed by atoms with Gasteiger partial charge in [0.1, 0.15) is 5.54 Å². The van der Waals surface area contributed by atoms with Crippen molar-refractivity contribution < 1.29 is 14.3 Å². The zero-order valence-electron chi connectivity index (χ0n) is 25.7. The Hall–Kier alpha value is -2.97. The minimum atomic E-state index is -0.794. The van der Waals surface area contributed by atoms with E-state index in [1.807, 2.05) is 23.9 Å². The number of rotatable bonds is 8. The fourth-order valence-corrected chi connectivity index (χ4v) is 9.09. The minimum Gasteiger partial charge on any atom is -0.378 e. The van der Waals surface area contributed by atoms with E-state index < -0.39 is 5.54 Å². The van der Waals surface area contributed by atoms with E-state index >= 15 is 0 Å². The number of anilines is 2. The van der Waals surface area contributed by atoms with E-state index in [4.69, 9.17) is 4.74 Å². The summed E-state index contributed by atoms with van der Waals surface area (Å²) in [5.41, 5.74) is 4.90. The Kier molecular flexibility index (Phi) is 7.49. The van der Waals surface area contributed by atoms with Crippen LogP contribution in [-0.2, 0) is 14.3 Å². The number of hydrogen-bond acceptors (Lipinski definition) is 5. The number of H-pyrrole nitrogens is 1. The molecule has 2 saturated carbocycles. The minimum absolute atomic E-state index is 0.0220. The third-order valence-corrected chi connectivity index (χ3v) is 11.6. The van der Waals surface area contributed by atoms with Crippen LogP contribution in [-0.4, -0.2) is 71.1 Å². The summed E-state index contributed by atoms with van der Waals surface area (Å²) in [5.74, 6) is 2.50. The van der Waals surface area contributed by atoms with Crippen molar-refractivity contribution in [1.82, 2.24) is 9.88 Å². The number of aromatic amines is 1. The monoisotopic (exact) mass is 600 g/mol. The normalized spacial score (nSPS) is 24.5. The largest absolute Gasteiger partial charge is 0.378 e. The summed E-state index contributed by atoms with van der Waals surface area (Å²) >= 11 is 1.89. The van der Waals surface area contributed by atoms with Gasteiger partial charge in [-0.2, -0.15) is 11.8 Å². The average molecular weight is 601 g/mol. The molecule has 2 atom stereocenters. The SMILES string of the molecule is Cc1[nH]c2ccccc2c1[C@@H]1[C@@H](CC(=O)N(C2CC2)C2(C(=O)Nc3ccc(N4CCOCC4)cc3)CCSCC2)C1(C)C. The van der Waals surface area contributed by atoms with Gasteiger partial charge in [-0.25, -0.2) is 0 Å². The van der Waals surface area contributed by atoms with Crippen LogP contribution in [0.1, 0.15) is 63.1 Å². The molecule has 43 heavy (non-hydrogen) atoms. The molecule has 2 saturated heterocycles. The zero-order chi connectivity index (χ0) is 29.8. The Morgan fingerprint density at radius 2 is 1.74 bits per heavy atom. The van der Waals surface area contributed by atoms with E-state index in [-0.39, 0.29) is 29.2 Å². The maximum Gasteiger partial charge on any atom is 0.250 e. The van der Waals surface area contributed by atoms with Crippen LogP contribution in [0, 0.1) is 18.3 Å². The Morgan fingerprint density at radius 3 is 2.44 bits per heavy atom. The molecule has 2 aliphatic heterocycles. The number of aromatic nitrogens is 1. The maximum atomic E-state index is 14.4. The van der Waals surface area contributed by atoms with E-state index in [2.05, 4.69) is 77.3 Å². The lowest BCUT2D eigenvalue weighted by atomic mass is 9.87. The van der Waals surface area contributed by atoms with E-state index in [0.29, 0.717) is 25.2 Å². The number of benzene rings is 2. The van der Waals surface area contributed by atoms with Crippen molar-refractivity contribution in [3.8, 4) is 0 Å². The molecule has 3 aromatic rings. The fourth-order valence-electron chi connectivity index (χ4n) is 7.92. The van der Waals surface area contributed by atoms with Crippen LogP contribution in [0.15, 0.2) is 48.5 Å². The number of morpholine rings is 1. The highest BCUT2D eigenvalue weighted by Crippen LogP contribution is 2.67. The molecule has 2 aromatic carbocycles. The number of fused-ring (bicyclic) bond motifs is 1. The van der Waals surface area contributed by atoms with Gasteiger partial charge in [-0.3, -0.25) is 9.59 Å². The molecule has 3 heterocycles. The molecule has 2 N–H and O–H groups in total. The van der Waals surface area contributed by atoms with Gasteiger partial charge < -0.3 is 24.8 Å². The van der Waals surface area contributed by atoms with Crippen LogP contribution in [0.4, 0.5) is 11.4 Å². The molecule has 4 aliphatic rings. The molecule has 7 rings (SSSR count). The first-order valence-electron chi connectivity index (χ1n) is 16.0. The van der Waals surface area contributed by atoms with E-state index in [9.17, 15) is 9.59 Å². The van der Waals surface area contributed by atoms with Gasteiger partial charge in [0.05, 0.1) is 13.2 Å². The topological polar surface area (TPSA) is 77.7 Å². The summed E-state index contributed by atoms with van der Waals surface area (Å²) < 4.78 is 5.49. The second-order valence-electron chi connectivity index (χ2n) is 13.6. The number of carbonyl (C=O) groups excluding carboxylic acids is 2. The highest BCUT2D eigenvalue weighted by atomic mass is 32.2. The lowest BCUT2D eigenvalue weighted by molar-refractivity contribution is -0.147. The predicted molar refractivity (Wildman–Crippen MR) is 175 cm³/mol. The highest BCUT2D eigenvalue weighted by molar-refractivity contribution is 7.99. The standard InChI is InChI=1S/C35H44N4O3S/c1-23-31(27-6-4-5-7-29(27)36-23)32-28(34(32,2)3)22-30(40)39(26-12-13-26)35(14-20-43-21-15-35)33(41)37-24-8-10-25(11-9-24)38-16-18-42-19-17-38/h4-11,26,28,32,36H,12-22H2,1-3H3,(H,37,41)/t28-,32+/m1/s1. The second kappa shape index (κ2) is 11.2. The van der Waals surface area contributed by atoms with E-state index in [1.165, 1.54) is 16.6 Å². The Labute approximate surface area is 259 Å². The number of amides is 2. The van der Waals surface area contributed by atoms with Crippen LogP contribution in [0.25, 0.3) is 10.9 Å². The Morgan fingerprint density at radius 1 is 1.05 bits per heavy atom. The number of ether oxygens (including phenoxy) is 1. The first-order chi connectivity index (χ1) is 20.8. The molecule has 2 aliphatic carbocycles. The van der Waals surface area contributed by atoms with Gasteiger partial charge in [-0.05, 0) is 97.3 Å². The third kappa shape index (κ3) is 5.24. The number of carbonyl (C=O) groups is 2. The summed E-state index contributed by atoms with van der Waals surface area (Å²) in [7, 11) is 0. The number of aryl methyl sites for hydroxylation is 1. The van der Waals surface area contributed by atoms with Crippen molar-refractivity contribution in [3.05, 3.63) is 59.8 Å². The number of nitrogens with zero attached hydrogens (tertiary/aromatic N) is 2. The lowest BCUT2D eigenvalue weighted by Gasteiger charge is -2.45. The third-order valence-electron chi connectivity index (χ3n) is 10.6. The van der Waals surface area contributed by atoms with Crippen molar-refractivity contribution in [2.24, 2.45) is 11.3 Å². The molecule has 0 spiro atoms. The van der Waals surface area contributed by atoms with Crippen LogP contribution < -0.4 is 10.2 Å². The molecule has 0 bridgehead atoms. The summed E-state index contributed by atoms with van der Waals surface area (Å²) in [5, 5.41) is 4.53. The second-order valence-corrected chi connectivity index (χ2v) is 14.8. The van der Waals surface area contributed by atoms with Crippen LogP contribution in [0.2, 0.25) is 0 Å². The van der Waals surface area contributed by atoms with Gasteiger partial charge in [-0.1, -0.05) is 32.0 Å². The highest BCUT2D eigenvalue weighted by Gasteiger charge is 2.61. The molecule has 0 unspecified atom stereocenters. The number of thioether (sulfide) groups is 1. The van der Waals surface area contributed by atoms with Gasteiger partial charge in [0.15, 0.2) is 0 Å². The summed E-state index contributed by atoms with van der Waals surface area (Å²) in [6.45, 7) is 10.0. The van der Waals surface area contributed by atoms with Crippen LogP contribution in [0.3, 0.4) is 0 Å². The summed E-state index contributed by atoms with van der Waals surface area (Å²) in [6, 6.07) is 16.8. The molecular formula is C35H44N4O3S. The van der Waals surface area contributed by atoms with Gasteiger partial charge >= 0.3 is 0 Å². The van der Waals surface area contributed by atoms with Crippen molar-refractivity contribution in [3.63, 3.8) is 0 Å². The zero-order valence-corrected chi connectivity index (χ0v) is 26.5. The summed E-state index contributed by atoms with van der Waals surface area (Å²) in [6.07, 6.45) is 3.87. The molecule has 4 fully saturated rings. The molecule has 2 amide bonds. The van der Waals surface area contributed by atoms with E-state index in [1.54, 1.807) is 0 Å². The van der Waals surface area contributed by atoms with Gasteiger partial charge in [0.25, 0.3) is 0 Å². The number of para-hydroxylation sites is 1. The average Bonchev–Trinajstić information content (AvgIpc) is 3.90. The summed E-state index contributed by atoms with van der Waals surface area (Å²) in [4.78, 5) is 36.7. The first kappa shape index (κ1) is 28.8. The van der Waals surface area contributed by atoms with Crippen LogP contribution >= 0.6 is 11.8 Å². The predicted octanol–water partition coefficient (Wildman–Crippen LogP) is 6.34. The van der Waals surface area contributed by atoms with Gasteiger partial charge in [0, 0.05) is 53.5 Å². The quantitative estimate of drug-likeness (QED) is 0.316. The maximum absolute atomic E-state index is 14.4. The molecular weight excluding hydrogens is 556 g/mol. The molecule has 228 valence electrons. The van der Waals surface area contributed by atoms with Crippen molar-refractivity contribution in [2.45, 2.75) is 70.4 Å². The first-order valence-corrected chi connectivity index (χ1v) is 17.2. The molecule has 7 nitrogen and oxygen atoms in total. The van der Waals surface area contributed by atoms with Crippen molar-refractivity contribution in [1.29, 1.82) is 0 Å². The Balaban J connectivity index is 1.12. The van der Waals surface area contributed by atoms with E-state index in [0.717, 1.165) is 67.5 Å². The fraction of sp³-hybridized carbons (Fsp3) is 0.543. The van der Waals surface area contributed by atoms with Crippen molar-refractivity contribution in [2.75, 3.05) is 48.0 Å². The Bertz CT molecular complexity index is 1500. The number of hydrogen-bond donors (Lipinski definition) is 2. The number of nitrogens with one attached hydrogen (secondary N) is 2. The lowest BCUT2D eigenvalue weighted by Crippen LogP contribution is -2.61. The molecule has 1 aromatic heterocycles. The van der Waals surface area contributed by atoms with Gasteiger partial charge in [-0.15, -0.1) is 0 Å². The smallest absolute Gasteiger partial charge is 0.250 e. The molecule has 0 radical (unpaired) electrons. The molecule has 8 heteroatoms.